The molecule has 0 radical (unpaired) electrons. The number of rotatable bonds is 7. The van der Waals surface area contributed by atoms with Crippen LogP contribution in [0, 0.1) is 0 Å². The van der Waals surface area contributed by atoms with Gasteiger partial charge in [0.15, 0.2) is 0 Å². The molecule has 1 heterocycles. The Labute approximate surface area is 190 Å². The zero-order valence-corrected chi connectivity index (χ0v) is 18.5. The Morgan fingerprint density at radius 2 is 1.68 bits per heavy atom. The van der Waals surface area contributed by atoms with Crippen LogP contribution in [-0.4, -0.2) is 10.5 Å². The van der Waals surface area contributed by atoms with E-state index in [1.807, 2.05) is 30.3 Å². The zero-order chi connectivity index (χ0) is 21.8. The fourth-order valence-electron chi connectivity index (χ4n) is 3.63. The van der Waals surface area contributed by atoms with Crippen molar-refractivity contribution in [2.75, 3.05) is 0 Å². The Bertz CT molecular complexity index is 1220. The van der Waals surface area contributed by atoms with E-state index in [4.69, 9.17) is 32.7 Å². The van der Waals surface area contributed by atoms with E-state index >= 15 is 0 Å². The Morgan fingerprint density at radius 1 is 0.903 bits per heavy atom. The fraction of sp³-hybridized carbons (Fsp3) is 0.160. The summed E-state index contributed by atoms with van der Waals surface area (Å²) in [5.41, 5.74) is 3.40. The number of aromatic nitrogens is 1. The van der Waals surface area contributed by atoms with E-state index in [0.717, 1.165) is 34.5 Å². The van der Waals surface area contributed by atoms with Crippen molar-refractivity contribution in [3.8, 4) is 5.75 Å². The molecule has 0 saturated heterocycles. The highest BCUT2D eigenvalue weighted by atomic mass is 35.5. The molecule has 158 valence electrons. The number of fused-ring (bicyclic) bond motifs is 1. The van der Waals surface area contributed by atoms with Gasteiger partial charge in [-0.25, -0.2) is 4.79 Å². The SMILES string of the molecule is CCn1c(COc2ccc(Cl)cc2)c(COC(=O)c2cccc(Cl)c2)c2ccccc21. The van der Waals surface area contributed by atoms with Crippen LogP contribution in [0.25, 0.3) is 10.9 Å². The van der Waals surface area contributed by atoms with Crippen molar-refractivity contribution in [3.63, 3.8) is 0 Å². The predicted octanol–water partition coefficient (Wildman–Crippen LogP) is 6.90. The summed E-state index contributed by atoms with van der Waals surface area (Å²) in [6.07, 6.45) is 0. The monoisotopic (exact) mass is 453 g/mol. The van der Waals surface area contributed by atoms with Gasteiger partial charge in [0, 0.05) is 33.1 Å². The topological polar surface area (TPSA) is 40.5 Å². The molecule has 1 aromatic heterocycles. The summed E-state index contributed by atoms with van der Waals surface area (Å²) < 4.78 is 13.9. The van der Waals surface area contributed by atoms with Crippen LogP contribution in [0.1, 0.15) is 28.5 Å². The average Bonchev–Trinajstić information content (AvgIpc) is 3.09. The maximum Gasteiger partial charge on any atom is 0.338 e. The number of hydrogen-bond acceptors (Lipinski definition) is 3. The molecule has 4 rings (SSSR count). The van der Waals surface area contributed by atoms with E-state index in [1.165, 1.54) is 0 Å². The molecule has 3 aromatic carbocycles. The highest BCUT2D eigenvalue weighted by Gasteiger charge is 2.19. The minimum Gasteiger partial charge on any atom is -0.487 e. The lowest BCUT2D eigenvalue weighted by Crippen LogP contribution is -2.10. The molecule has 0 aliphatic heterocycles. The van der Waals surface area contributed by atoms with Crippen LogP contribution in [0.15, 0.2) is 72.8 Å². The third-order valence-electron chi connectivity index (χ3n) is 5.11. The lowest BCUT2D eigenvalue weighted by Gasteiger charge is -2.13. The average molecular weight is 454 g/mol. The molecule has 0 aliphatic carbocycles. The molecule has 0 fully saturated rings. The summed E-state index contributed by atoms with van der Waals surface area (Å²) in [6, 6.07) is 22.1. The number of hydrogen-bond donors (Lipinski definition) is 0. The van der Waals surface area contributed by atoms with Crippen LogP contribution < -0.4 is 4.74 Å². The van der Waals surface area contributed by atoms with Crippen LogP contribution in [0.2, 0.25) is 10.0 Å². The molecule has 0 aliphatic rings. The molecule has 4 aromatic rings. The van der Waals surface area contributed by atoms with Gasteiger partial charge in [-0.1, -0.05) is 47.5 Å². The molecule has 0 N–H and O–H groups in total. The largest absolute Gasteiger partial charge is 0.487 e. The van der Waals surface area contributed by atoms with Crippen LogP contribution in [0.5, 0.6) is 5.75 Å². The van der Waals surface area contributed by atoms with Crippen LogP contribution >= 0.6 is 23.2 Å². The van der Waals surface area contributed by atoms with Gasteiger partial charge in [0.2, 0.25) is 0 Å². The van der Waals surface area contributed by atoms with Crippen molar-refractivity contribution in [2.45, 2.75) is 26.7 Å². The van der Waals surface area contributed by atoms with Gasteiger partial charge < -0.3 is 14.0 Å². The van der Waals surface area contributed by atoms with Crippen molar-refractivity contribution in [3.05, 3.63) is 99.7 Å². The first-order valence-electron chi connectivity index (χ1n) is 9.97. The standard InChI is InChI=1S/C25H21Cl2NO3/c1-2-28-23-9-4-3-8-21(23)22(15-31-25(29)17-6-5-7-19(27)14-17)24(28)16-30-20-12-10-18(26)11-13-20/h3-14H,2,15-16H2,1H3. The molecule has 0 unspecified atom stereocenters. The number of halogens is 2. The second-order valence-corrected chi connectivity index (χ2v) is 7.89. The van der Waals surface area contributed by atoms with E-state index in [0.29, 0.717) is 22.2 Å². The van der Waals surface area contributed by atoms with Crippen LogP contribution in [0.4, 0.5) is 0 Å². The van der Waals surface area contributed by atoms with Crippen molar-refractivity contribution in [1.29, 1.82) is 0 Å². The van der Waals surface area contributed by atoms with Crippen LogP contribution in [-0.2, 0) is 24.5 Å². The third-order valence-corrected chi connectivity index (χ3v) is 5.59. The number of esters is 1. The molecular formula is C25H21Cl2NO3. The molecule has 31 heavy (non-hydrogen) atoms. The quantitative estimate of drug-likeness (QED) is 0.285. The summed E-state index contributed by atoms with van der Waals surface area (Å²) in [5.74, 6) is 0.305. The normalized spacial score (nSPS) is 10.9. The third kappa shape index (κ3) is 4.71. The fourth-order valence-corrected chi connectivity index (χ4v) is 3.95. The molecule has 0 saturated carbocycles. The Kier molecular flexibility index (Phi) is 6.50. The first kappa shape index (κ1) is 21.3. The summed E-state index contributed by atoms with van der Waals surface area (Å²) in [7, 11) is 0. The lowest BCUT2D eigenvalue weighted by atomic mass is 10.1. The first-order chi connectivity index (χ1) is 15.1. The van der Waals surface area contributed by atoms with Crippen molar-refractivity contribution >= 4 is 40.1 Å². The molecule has 4 nitrogen and oxygen atoms in total. The Morgan fingerprint density at radius 3 is 2.42 bits per heavy atom. The van der Waals surface area contributed by atoms with E-state index < -0.39 is 5.97 Å². The first-order valence-corrected chi connectivity index (χ1v) is 10.7. The van der Waals surface area contributed by atoms with E-state index in [9.17, 15) is 4.79 Å². The number of nitrogens with zero attached hydrogens (tertiary/aromatic N) is 1. The smallest absolute Gasteiger partial charge is 0.338 e. The second-order valence-electron chi connectivity index (χ2n) is 7.02. The number of ether oxygens (including phenoxy) is 2. The Balaban J connectivity index is 1.63. The summed E-state index contributed by atoms with van der Waals surface area (Å²) in [4.78, 5) is 12.6. The highest BCUT2D eigenvalue weighted by molar-refractivity contribution is 6.31. The molecule has 0 spiro atoms. The van der Waals surface area contributed by atoms with Crippen molar-refractivity contribution in [1.82, 2.24) is 4.57 Å². The van der Waals surface area contributed by atoms with Gasteiger partial charge in [-0.05, 0) is 55.5 Å². The summed E-state index contributed by atoms with van der Waals surface area (Å²) in [5, 5.41) is 2.19. The van der Waals surface area contributed by atoms with E-state index in [-0.39, 0.29) is 6.61 Å². The van der Waals surface area contributed by atoms with Gasteiger partial charge >= 0.3 is 5.97 Å². The van der Waals surface area contributed by atoms with Crippen LogP contribution in [0.3, 0.4) is 0 Å². The van der Waals surface area contributed by atoms with E-state index in [2.05, 4.69) is 17.6 Å². The summed E-state index contributed by atoms with van der Waals surface area (Å²) >= 11 is 12.0. The zero-order valence-electron chi connectivity index (χ0n) is 17.0. The molecule has 0 bridgehead atoms. The predicted molar refractivity (Wildman–Crippen MR) is 124 cm³/mol. The molecule has 6 heteroatoms. The lowest BCUT2D eigenvalue weighted by molar-refractivity contribution is 0.0472. The molecule has 0 amide bonds. The molecular weight excluding hydrogens is 433 g/mol. The number of carbonyl (C=O) groups is 1. The van der Waals surface area contributed by atoms with Gasteiger partial charge in [0.05, 0.1) is 11.3 Å². The number of aryl methyl sites for hydroxylation is 1. The Hall–Kier alpha value is -2.95. The van der Waals surface area contributed by atoms with Gasteiger partial charge in [0.25, 0.3) is 0 Å². The van der Waals surface area contributed by atoms with Crippen molar-refractivity contribution in [2.24, 2.45) is 0 Å². The van der Waals surface area contributed by atoms with Gasteiger partial charge in [-0.3, -0.25) is 0 Å². The molecule has 0 atom stereocenters. The van der Waals surface area contributed by atoms with Gasteiger partial charge in [-0.15, -0.1) is 0 Å². The summed E-state index contributed by atoms with van der Waals surface area (Å²) in [6.45, 7) is 3.33. The maximum atomic E-state index is 12.6. The second kappa shape index (κ2) is 9.46. The maximum absolute atomic E-state index is 12.6. The van der Waals surface area contributed by atoms with Crippen molar-refractivity contribution < 1.29 is 14.3 Å². The van der Waals surface area contributed by atoms with Gasteiger partial charge in [-0.2, -0.15) is 0 Å². The highest BCUT2D eigenvalue weighted by Crippen LogP contribution is 2.29. The number of para-hydroxylation sites is 1. The number of carbonyl (C=O) groups excluding carboxylic acids is 1. The van der Waals surface area contributed by atoms with Gasteiger partial charge in [0.1, 0.15) is 19.0 Å². The minimum atomic E-state index is -0.416. The van der Waals surface area contributed by atoms with E-state index in [1.54, 1.807) is 36.4 Å². The minimum absolute atomic E-state index is 0.137. The number of benzene rings is 3.